The van der Waals surface area contributed by atoms with Crippen LogP contribution in [0.4, 0.5) is 0 Å². The molecule has 96 valence electrons. The topological polar surface area (TPSA) is 66.4 Å². The molecule has 0 spiro atoms. The molecule has 1 saturated carbocycles. The summed E-state index contributed by atoms with van der Waals surface area (Å²) in [6, 6.07) is 0. The Bertz CT molecular complexity index is 305. The summed E-state index contributed by atoms with van der Waals surface area (Å²) >= 11 is 0. The largest absolute Gasteiger partial charge is 0.389 e. The van der Waals surface area contributed by atoms with E-state index in [1.54, 1.807) is 0 Å². The summed E-state index contributed by atoms with van der Waals surface area (Å²) in [5.41, 5.74) is -0.621. The van der Waals surface area contributed by atoms with E-state index in [0.717, 1.165) is 25.7 Å². The minimum atomic E-state index is -2.90. The fourth-order valence-electron chi connectivity index (χ4n) is 2.05. The van der Waals surface area contributed by atoms with E-state index in [1.165, 1.54) is 6.26 Å². The Morgan fingerprint density at radius 2 is 1.94 bits per heavy atom. The van der Waals surface area contributed by atoms with Crippen molar-refractivity contribution in [2.24, 2.45) is 5.92 Å². The minimum absolute atomic E-state index is 0.138. The second kappa shape index (κ2) is 5.47. The van der Waals surface area contributed by atoms with E-state index in [-0.39, 0.29) is 5.75 Å². The molecule has 0 aromatic rings. The summed E-state index contributed by atoms with van der Waals surface area (Å²) in [4.78, 5) is 0. The Morgan fingerprint density at radius 3 is 2.44 bits per heavy atom. The molecule has 0 aromatic carbocycles. The Balaban J connectivity index is 2.22. The monoisotopic (exact) mass is 249 g/mol. The maximum Gasteiger partial charge on any atom is 0.148 e. The second-order valence-electron chi connectivity index (χ2n) is 5.21. The van der Waals surface area contributed by atoms with Crippen LogP contribution in [0.25, 0.3) is 0 Å². The summed E-state index contributed by atoms with van der Waals surface area (Å²) < 4.78 is 21.8. The van der Waals surface area contributed by atoms with Crippen LogP contribution in [-0.2, 0) is 9.84 Å². The van der Waals surface area contributed by atoms with Crippen LogP contribution in [0, 0.1) is 5.92 Å². The first kappa shape index (κ1) is 13.9. The van der Waals surface area contributed by atoms with Gasteiger partial charge in [-0.15, -0.1) is 0 Å². The summed E-state index contributed by atoms with van der Waals surface area (Å²) in [7, 11) is -2.90. The lowest BCUT2D eigenvalue weighted by molar-refractivity contribution is -0.00559. The average Bonchev–Trinajstić information content (AvgIpc) is 2.17. The lowest BCUT2D eigenvalue weighted by Crippen LogP contribution is -2.44. The minimum Gasteiger partial charge on any atom is -0.389 e. The van der Waals surface area contributed by atoms with Gasteiger partial charge in [0.1, 0.15) is 9.84 Å². The molecule has 0 saturated heterocycles. The van der Waals surface area contributed by atoms with Gasteiger partial charge in [0.2, 0.25) is 0 Å². The van der Waals surface area contributed by atoms with Crippen LogP contribution in [0.2, 0.25) is 0 Å². The van der Waals surface area contributed by atoms with Crippen molar-refractivity contribution in [2.75, 3.05) is 25.1 Å². The summed E-state index contributed by atoms with van der Waals surface area (Å²) in [6.07, 6.45) is 4.99. The van der Waals surface area contributed by atoms with Crippen LogP contribution >= 0.6 is 0 Å². The summed E-state index contributed by atoms with van der Waals surface area (Å²) in [5.74, 6) is 0.843. The number of hydrogen-bond donors (Lipinski definition) is 2. The molecule has 0 aromatic heterocycles. The van der Waals surface area contributed by atoms with Crippen molar-refractivity contribution in [3.8, 4) is 0 Å². The van der Waals surface area contributed by atoms with Gasteiger partial charge in [-0.2, -0.15) is 0 Å². The predicted octanol–water partition coefficient (Wildman–Crippen LogP) is 0.562. The summed E-state index contributed by atoms with van der Waals surface area (Å²) in [6.45, 7) is 3.14. The fraction of sp³-hybridized carbons (Fsp3) is 1.00. The highest BCUT2D eigenvalue weighted by molar-refractivity contribution is 7.90. The van der Waals surface area contributed by atoms with Crippen LogP contribution in [0.1, 0.15) is 32.6 Å². The van der Waals surface area contributed by atoms with E-state index in [0.29, 0.717) is 19.0 Å². The zero-order valence-corrected chi connectivity index (χ0v) is 11.0. The van der Waals surface area contributed by atoms with Crippen molar-refractivity contribution in [1.29, 1.82) is 0 Å². The highest BCUT2D eigenvalue weighted by Crippen LogP contribution is 2.31. The number of aliphatic hydroxyl groups is 1. The molecule has 1 aliphatic rings. The maximum absolute atomic E-state index is 10.9. The molecule has 4 nitrogen and oxygen atoms in total. The van der Waals surface area contributed by atoms with Crippen LogP contribution < -0.4 is 5.32 Å². The quantitative estimate of drug-likeness (QED) is 0.699. The van der Waals surface area contributed by atoms with Gasteiger partial charge in [-0.25, -0.2) is 8.42 Å². The molecule has 0 unspecified atom stereocenters. The highest BCUT2D eigenvalue weighted by Gasteiger charge is 2.31. The van der Waals surface area contributed by atoms with E-state index in [4.69, 9.17) is 0 Å². The average molecular weight is 249 g/mol. The van der Waals surface area contributed by atoms with E-state index in [9.17, 15) is 13.5 Å². The third-order valence-corrected chi connectivity index (χ3v) is 4.25. The number of nitrogens with one attached hydrogen (secondary N) is 1. The molecular weight excluding hydrogens is 226 g/mol. The predicted molar refractivity (Wildman–Crippen MR) is 65.2 cm³/mol. The molecule has 0 bridgehead atoms. The first-order chi connectivity index (χ1) is 7.31. The first-order valence-electron chi connectivity index (χ1n) is 5.92. The smallest absolute Gasteiger partial charge is 0.148 e. The molecule has 0 amide bonds. The molecule has 5 heteroatoms. The van der Waals surface area contributed by atoms with Gasteiger partial charge in [-0.05, 0) is 31.6 Å². The zero-order chi connectivity index (χ0) is 12.2. The van der Waals surface area contributed by atoms with Gasteiger partial charge in [0.05, 0.1) is 11.4 Å². The lowest BCUT2D eigenvalue weighted by atomic mass is 9.79. The molecule has 0 aliphatic heterocycles. The Morgan fingerprint density at radius 1 is 1.38 bits per heavy atom. The van der Waals surface area contributed by atoms with Gasteiger partial charge < -0.3 is 10.4 Å². The van der Waals surface area contributed by atoms with Crippen molar-refractivity contribution in [2.45, 2.75) is 38.2 Å². The molecule has 1 fully saturated rings. The van der Waals surface area contributed by atoms with Gasteiger partial charge in [-0.1, -0.05) is 6.92 Å². The molecule has 16 heavy (non-hydrogen) atoms. The highest BCUT2D eigenvalue weighted by atomic mass is 32.2. The van der Waals surface area contributed by atoms with Crippen LogP contribution in [-0.4, -0.2) is 44.2 Å². The third kappa shape index (κ3) is 5.27. The Hall–Kier alpha value is -0.130. The standard InChI is InChI=1S/C11H23NO3S/c1-10-3-5-11(13,6-4-10)9-12-7-8-16(2,14)15/h10,12-13H,3-9H2,1-2H3. The second-order valence-corrected chi connectivity index (χ2v) is 7.47. The van der Waals surface area contributed by atoms with Crippen molar-refractivity contribution >= 4 is 9.84 Å². The normalized spacial score (nSPS) is 31.6. The zero-order valence-electron chi connectivity index (χ0n) is 10.2. The van der Waals surface area contributed by atoms with Crippen molar-refractivity contribution in [3.63, 3.8) is 0 Å². The lowest BCUT2D eigenvalue weighted by Gasteiger charge is -2.35. The van der Waals surface area contributed by atoms with Gasteiger partial charge in [-0.3, -0.25) is 0 Å². The molecule has 1 aliphatic carbocycles. The first-order valence-corrected chi connectivity index (χ1v) is 7.98. The number of rotatable bonds is 5. The maximum atomic E-state index is 10.9. The van der Waals surface area contributed by atoms with Gasteiger partial charge in [0.15, 0.2) is 0 Å². The van der Waals surface area contributed by atoms with E-state index in [1.807, 2.05) is 0 Å². The molecule has 0 heterocycles. The van der Waals surface area contributed by atoms with Crippen molar-refractivity contribution in [1.82, 2.24) is 5.32 Å². The van der Waals surface area contributed by atoms with E-state index >= 15 is 0 Å². The Kier molecular flexibility index (Phi) is 4.76. The molecule has 2 N–H and O–H groups in total. The van der Waals surface area contributed by atoms with Gasteiger partial charge in [0.25, 0.3) is 0 Å². The van der Waals surface area contributed by atoms with E-state index < -0.39 is 15.4 Å². The van der Waals surface area contributed by atoms with E-state index in [2.05, 4.69) is 12.2 Å². The molecule has 1 rings (SSSR count). The number of hydrogen-bond acceptors (Lipinski definition) is 4. The molecule has 0 radical (unpaired) electrons. The number of sulfone groups is 1. The van der Waals surface area contributed by atoms with Crippen molar-refractivity contribution < 1.29 is 13.5 Å². The summed E-state index contributed by atoms with van der Waals surface area (Å²) in [5, 5.41) is 13.2. The van der Waals surface area contributed by atoms with Crippen LogP contribution in [0.15, 0.2) is 0 Å². The van der Waals surface area contributed by atoms with Crippen LogP contribution in [0.3, 0.4) is 0 Å². The van der Waals surface area contributed by atoms with Gasteiger partial charge in [0, 0.05) is 19.3 Å². The van der Waals surface area contributed by atoms with Crippen molar-refractivity contribution in [3.05, 3.63) is 0 Å². The third-order valence-electron chi connectivity index (χ3n) is 3.31. The van der Waals surface area contributed by atoms with Gasteiger partial charge >= 0.3 is 0 Å². The SMILES string of the molecule is CC1CCC(O)(CNCCS(C)(=O)=O)CC1. The molecular formula is C11H23NO3S. The molecule has 0 atom stereocenters. The Labute approximate surface area is 98.4 Å². The fourth-order valence-corrected chi connectivity index (χ4v) is 2.57. The van der Waals surface area contributed by atoms with Crippen LogP contribution in [0.5, 0.6) is 0 Å².